The van der Waals surface area contributed by atoms with Gasteiger partial charge in [0.1, 0.15) is 11.5 Å². The lowest BCUT2D eigenvalue weighted by Gasteiger charge is -2.06. The lowest BCUT2D eigenvalue weighted by molar-refractivity contribution is 0.414. The molecule has 1 fully saturated rings. The fourth-order valence-corrected chi connectivity index (χ4v) is 5.09. The van der Waals surface area contributed by atoms with Crippen molar-refractivity contribution in [1.29, 1.82) is 0 Å². The predicted octanol–water partition coefficient (Wildman–Crippen LogP) is 4.81. The van der Waals surface area contributed by atoms with Crippen LogP contribution >= 0.6 is 0 Å². The first-order chi connectivity index (χ1) is 13.7. The van der Waals surface area contributed by atoms with E-state index in [4.69, 9.17) is 14.5 Å². The van der Waals surface area contributed by atoms with Gasteiger partial charge in [0, 0.05) is 16.4 Å². The second kappa shape index (κ2) is 8.19. The highest BCUT2D eigenvalue weighted by Gasteiger charge is 2.26. The number of imidazole rings is 1. The highest BCUT2D eigenvalue weighted by molar-refractivity contribution is 7.85. The molecule has 0 radical (unpaired) electrons. The summed E-state index contributed by atoms with van der Waals surface area (Å²) in [6, 6.07) is 15.6. The second-order valence-electron chi connectivity index (χ2n) is 6.93. The Morgan fingerprint density at radius 1 is 0.893 bits per heavy atom. The average Bonchev–Trinajstić information content (AvgIpc) is 3.44. The van der Waals surface area contributed by atoms with Gasteiger partial charge in [-0.05, 0) is 61.4 Å². The van der Waals surface area contributed by atoms with Crippen molar-refractivity contribution in [3.8, 4) is 34.0 Å². The number of aromatic nitrogens is 2. The molecule has 1 aliphatic rings. The van der Waals surface area contributed by atoms with Crippen LogP contribution < -0.4 is 9.47 Å². The van der Waals surface area contributed by atoms with Gasteiger partial charge in [-0.1, -0.05) is 12.8 Å². The Morgan fingerprint density at radius 2 is 1.43 bits per heavy atom. The summed E-state index contributed by atoms with van der Waals surface area (Å²) in [5.74, 6) is 1.59. The molecule has 2 aromatic carbocycles. The van der Waals surface area contributed by atoms with Crippen LogP contribution in [-0.2, 0) is 10.8 Å². The molecule has 1 unspecified atom stereocenters. The van der Waals surface area contributed by atoms with E-state index in [1.807, 2.05) is 48.5 Å². The normalized spacial score (nSPS) is 15.5. The number of nitrogens with one attached hydrogen (secondary N) is 1. The minimum absolute atomic E-state index is 0.193. The molecular weight excluding hydrogens is 372 g/mol. The molecule has 1 saturated carbocycles. The molecule has 1 aromatic heterocycles. The number of aromatic amines is 1. The molecular formula is C22H24N2O3S. The molecule has 6 heteroatoms. The van der Waals surface area contributed by atoms with Gasteiger partial charge >= 0.3 is 0 Å². The summed E-state index contributed by atoms with van der Waals surface area (Å²) in [6.07, 6.45) is 4.30. The van der Waals surface area contributed by atoms with Gasteiger partial charge in [0.05, 0.1) is 36.4 Å². The van der Waals surface area contributed by atoms with Crippen molar-refractivity contribution in [2.24, 2.45) is 0 Å². The van der Waals surface area contributed by atoms with E-state index in [-0.39, 0.29) is 5.25 Å². The summed E-state index contributed by atoms with van der Waals surface area (Å²) in [4.78, 5) is 8.13. The Kier molecular flexibility index (Phi) is 5.48. The zero-order valence-electron chi connectivity index (χ0n) is 16.1. The van der Waals surface area contributed by atoms with Gasteiger partial charge < -0.3 is 14.5 Å². The topological polar surface area (TPSA) is 64.2 Å². The van der Waals surface area contributed by atoms with Crippen molar-refractivity contribution < 1.29 is 13.7 Å². The maximum Gasteiger partial charge on any atom is 0.197 e. The van der Waals surface area contributed by atoms with Crippen molar-refractivity contribution in [2.45, 2.75) is 36.1 Å². The van der Waals surface area contributed by atoms with Gasteiger partial charge in [0.25, 0.3) is 0 Å². The van der Waals surface area contributed by atoms with Crippen LogP contribution in [-0.4, -0.2) is 33.6 Å². The van der Waals surface area contributed by atoms with E-state index < -0.39 is 10.8 Å². The molecule has 3 aromatic rings. The van der Waals surface area contributed by atoms with Crippen LogP contribution in [0.25, 0.3) is 22.5 Å². The SMILES string of the molecule is COc1ccc(-c2nc(S(=O)C3CCCC3)[nH]c2-c2ccc(OC)cc2)cc1. The molecule has 1 heterocycles. The van der Waals surface area contributed by atoms with Crippen molar-refractivity contribution in [2.75, 3.05) is 14.2 Å². The number of benzene rings is 2. The fraction of sp³-hybridized carbons (Fsp3) is 0.318. The van der Waals surface area contributed by atoms with Gasteiger partial charge in [0.15, 0.2) is 5.16 Å². The Hall–Kier alpha value is -2.60. The zero-order valence-corrected chi connectivity index (χ0v) is 16.9. The van der Waals surface area contributed by atoms with Crippen LogP contribution in [0.5, 0.6) is 11.5 Å². The second-order valence-corrected chi connectivity index (χ2v) is 8.57. The Balaban J connectivity index is 1.77. The van der Waals surface area contributed by atoms with Gasteiger partial charge in [-0.25, -0.2) is 4.98 Å². The number of methoxy groups -OCH3 is 2. The largest absolute Gasteiger partial charge is 0.497 e. The number of hydrogen-bond donors (Lipinski definition) is 1. The zero-order chi connectivity index (χ0) is 19.5. The van der Waals surface area contributed by atoms with E-state index in [2.05, 4.69) is 4.98 Å². The molecule has 1 aliphatic carbocycles. The smallest absolute Gasteiger partial charge is 0.197 e. The third kappa shape index (κ3) is 3.69. The summed E-state index contributed by atoms with van der Waals surface area (Å²) in [7, 11) is 2.17. The molecule has 1 atom stereocenters. The number of H-pyrrole nitrogens is 1. The summed E-state index contributed by atoms with van der Waals surface area (Å²) in [6.45, 7) is 0. The van der Waals surface area contributed by atoms with E-state index in [0.717, 1.165) is 59.7 Å². The van der Waals surface area contributed by atoms with Crippen molar-refractivity contribution in [1.82, 2.24) is 9.97 Å². The third-order valence-corrected chi connectivity index (χ3v) is 6.87. The number of nitrogens with zero attached hydrogens (tertiary/aromatic N) is 1. The van der Waals surface area contributed by atoms with Crippen molar-refractivity contribution in [3.63, 3.8) is 0 Å². The van der Waals surface area contributed by atoms with Gasteiger partial charge in [-0.3, -0.25) is 4.21 Å². The van der Waals surface area contributed by atoms with Gasteiger partial charge in [-0.2, -0.15) is 0 Å². The Bertz CT molecular complexity index is 893. The molecule has 0 spiro atoms. The van der Waals surface area contributed by atoms with Gasteiger partial charge in [0.2, 0.25) is 0 Å². The average molecular weight is 397 g/mol. The molecule has 28 heavy (non-hydrogen) atoms. The van der Waals surface area contributed by atoms with E-state index in [1.54, 1.807) is 14.2 Å². The lowest BCUT2D eigenvalue weighted by Crippen LogP contribution is -2.11. The standard InChI is InChI=1S/C22H24N2O3S/c1-26-17-11-7-15(8-12-17)20-21(16-9-13-18(27-2)14-10-16)24-22(23-20)28(25)19-5-3-4-6-19/h7-14,19H,3-6H2,1-2H3,(H,23,24). The molecule has 0 bridgehead atoms. The maximum atomic E-state index is 13.1. The summed E-state index contributed by atoms with van der Waals surface area (Å²) >= 11 is 0. The van der Waals surface area contributed by atoms with Crippen LogP contribution in [0, 0.1) is 0 Å². The molecule has 1 N–H and O–H groups in total. The van der Waals surface area contributed by atoms with Crippen LogP contribution in [0.1, 0.15) is 25.7 Å². The summed E-state index contributed by atoms with van der Waals surface area (Å²) < 4.78 is 23.6. The lowest BCUT2D eigenvalue weighted by atomic mass is 10.0. The summed E-state index contributed by atoms with van der Waals surface area (Å²) in [5.41, 5.74) is 3.61. The van der Waals surface area contributed by atoms with E-state index >= 15 is 0 Å². The highest BCUT2D eigenvalue weighted by atomic mass is 32.2. The van der Waals surface area contributed by atoms with Crippen LogP contribution in [0.3, 0.4) is 0 Å². The van der Waals surface area contributed by atoms with Gasteiger partial charge in [-0.15, -0.1) is 0 Å². The number of hydrogen-bond acceptors (Lipinski definition) is 4. The molecule has 0 amide bonds. The molecule has 0 saturated heterocycles. The van der Waals surface area contributed by atoms with Crippen LogP contribution in [0.2, 0.25) is 0 Å². The van der Waals surface area contributed by atoms with E-state index in [0.29, 0.717) is 5.16 Å². The Morgan fingerprint density at radius 3 is 1.96 bits per heavy atom. The van der Waals surface area contributed by atoms with Crippen molar-refractivity contribution in [3.05, 3.63) is 48.5 Å². The minimum Gasteiger partial charge on any atom is -0.497 e. The first-order valence-corrected chi connectivity index (χ1v) is 10.7. The van der Waals surface area contributed by atoms with Crippen LogP contribution in [0.15, 0.2) is 53.7 Å². The van der Waals surface area contributed by atoms with Crippen molar-refractivity contribution >= 4 is 10.8 Å². The minimum atomic E-state index is -1.12. The first-order valence-electron chi connectivity index (χ1n) is 9.49. The molecule has 4 rings (SSSR count). The van der Waals surface area contributed by atoms with E-state index in [1.165, 1.54) is 0 Å². The third-order valence-electron chi connectivity index (χ3n) is 5.22. The quantitative estimate of drug-likeness (QED) is 0.649. The Labute approximate surface area is 167 Å². The first kappa shape index (κ1) is 18.7. The van der Waals surface area contributed by atoms with E-state index in [9.17, 15) is 4.21 Å². The highest BCUT2D eigenvalue weighted by Crippen LogP contribution is 2.34. The predicted molar refractivity (Wildman–Crippen MR) is 111 cm³/mol. The number of rotatable bonds is 6. The molecule has 146 valence electrons. The molecule has 0 aliphatic heterocycles. The fourth-order valence-electron chi connectivity index (χ4n) is 3.63. The summed E-state index contributed by atoms with van der Waals surface area (Å²) in [5, 5.41) is 0.752. The number of ether oxygens (including phenoxy) is 2. The maximum absolute atomic E-state index is 13.1. The van der Waals surface area contributed by atoms with Crippen LogP contribution in [0.4, 0.5) is 0 Å². The monoisotopic (exact) mass is 396 g/mol. The molecule has 5 nitrogen and oxygen atoms in total.